The lowest BCUT2D eigenvalue weighted by Crippen LogP contribution is -2.17. The summed E-state index contributed by atoms with van der Waals surface area (Å²) in [6.45, 7) is -1.25. The fourth-order valence-corrected chi connectivity index (χ4v) is 1.56. The number of ether oxygens (including phenoxy) is 1. The highest BCUT2D eigenvalue weighted by Crippen LogP contribution is 2.20. The Morgan fingerprint density at radius 2 is 2.00 bits per heavy atom. The van der Waals surface area contributed by atoms with Crippen LogP contribution in [0.3, 0.4) is 0 Å². The zero-order chi connectivity index (χ0) is 12.0. The van der Waals surface area contributed by atoms with Gasteiger partial charge in [-0.3, -0.25) is 0 Å². The fourth-order valence-electron chi connectivity index (χ4n) is 0.832. The summed E-state index contributed by atoms with van der Waals surface area (Å²) in [6.07, 6.45) is -1.37. The maximum Gasteiger partial charge on any atom is 0.411 e. The number of hydrogen-bond acceptors (Lipinski definition) is 5. The topological polar surface area (TPSA) is 61.0 Å². The molecule has 1 aromatic rings. The molecule has 0 radical (unpaired) electrons. The number of nitrogen functional groups attached to an aromatic ring is 1. The summed E-state index contributed by atoms with van der Waals surface area (Å²) in [4.78, 5) is 7.71. The highest BCUT2D eigenvalue weighted by Gasteiger charge is 2.27. The molecule has 0 fully saturated rings. The van der Waals surface area contributed by atoms with Gasteiger partial charge in [0.25, 0.3) is 0 Å². The maximum atomic E-state index is 11.7. The zero-order valence-electron chi connectivity index (χ0n) is 8.20. The largest absolute Gasteiger partial charge is 0.411 e. The Labute approximate surface area is 94.4 Å². The number of halogens is 3. The molecule has 1 rings (SSSR count). The molecule has 0 bridgehead atoms. The van der Waals surface area contributed by atoms with Crippen molar-refractivity contribution in [1.82, 2.24) is 9.97 Å². The predicted molar refractivity (Wildman–Crippen MR) is 54.0 cm³/mol. The van der Waals surface area contributed by atoms with E-state index in [-0.39, 0.29) is 12.4 Å². The van der Waals surface area contributed by atoms with Crippen molar-refractivity contribution in [1.29, 1.82) is 0 Å². The van der Waals surface area contributed by atoms with Gasteiger partial charge in [-0.1, -0.05) is 0 Å². The molecule has 90 valence electrons. The molecule has 0 saturated heterocycles. The lowest BCUT2D eigenvalue weighted by molar-refractivity contribution is -0.172. The van der Waals surface area contributed by atoms with Crippen LogP contribution >= 0.6 is 11.8 Å². The average Bonchev–Trinajstić information content (AvgIpc) is 2.18. The van der Waals surface area contributed by atoms with Gasteiger partial charge in [0.15, 0.2) is 5.82 Å². The van der Waals surface area contributed by atoms with Gasteiger partial charge in [0, 0.05) is 18.1 Å². The molecule has 0 amide bonds. The van der Waals surface area contributed by atoms with Crippen LogP contribution in [-0.4, -0.2) is 35.1 Å². The van der Waals surface area contributed by atoms with Crippen molar-refractivity contribution in [2.45, 2.75) is 11.2 Å². The van der Waals surface area contributed by atoms with Gasteiger partial charge in [0.1, 0.15) is 11.6 Å². The number of anilines is 1. The van der Waals surface area contributed by atoms with Gasteiger partial charge in [-0.05, 0) is 0 Å². The minimum absolute atomic E-state index is 0.0137. The molecule has 1 heterocycles. The first-order valence-electron chi connectivity index (χ1n) is 4.33. The molecule has 1 aromatic heterocycles. The normalized spacial score (nSPS) is 11.7. The molecule has 0 aliphatic carbocycles. The Morgan fingerprint density at radius 3 is 2.62 bits per heavy atom. The van der Waals surface area contributed by atoms with Crippen molar-refractivity contribution in [3.63, 3.8) is 0 Å². The number of rotatable bonds is 5. The smallest absolute Gasteiger partial charge is 0.381 e. The second-order valence-corrected chi connectivity index (χ2v) is 3.85. The molecule has 0 saturated carbocycles. The van der Waals surface area contributed by atoms with Crippen molar-refractivity contribution in [2.75, 3.05) is 24.7 Å². The van der Waals surface area contributed by atoms with E-state index in [9.17, 15) is 13.2 Å². The van der Waals surface area contributed by atoms with E-state index in [1.165, 1.54) is 24.2 Å². The van der Waals surface area contributed by atoms with Crippen LogP contribution in [-0.2, 0) is 4.74 Å². The van der Waals surface area contributed by atoms with Gasteiger partial charge in [0.05, 0.1) is 6.61 Å². The van der Waals surface area contributed by atoms with E-state index in [1.807, 2.05) is 0 Å². The van der Waals surface area contributed by atoms with Gasteiger partial charge in [-0.2, -0.15) is 13.2 Å². The summed E-state index contributed by atoms with van der Waals surface area (Å²) in [6, 6.07) is 0. The molecular weight excluding hydrogens is 243 g/mol. The van der Waals surface area contributed by atoms with Gasteiger partial charge in [-0.15, -0.1) is 11.8 Å². The van der Waals surface area contributed by atoms with Crippen LogP contribution in [0.2, 0.25) is 0 Å². The third kappa shape index (κ3) is 5.17. The Balaban J connectivity index is 2.19. The van der Waals surface area contributed by atoms with Gasteiger partial charge >= 0.3 is 6.18 Å². The maximum absolute atomic E-state index is 11.7. The van der Waals surface area contributed by atoms with E-state index in [0.717, 1.165) is 0 Å². The second-order valence-electron chi connectivity index (χ2n) is 2.76. The first kappa shape index (κ1) is 13.0. The molecule has 0 unspecified atom stereocenters. The van der Waals surface area contributed by atoms with Gasteiger partial charge in [-0.25, -0.2) is 9.97 Å². The molecule has 0 spiro atoms. The fraction of sp³-hybridized carbons (Fsp3) is 0.500. The minimum atomic E-state index is -4.28. The second kappa shape index (κ2) is 5.90. The lowest BCUT2D eigenvalue weighted by Gasteiger charge is -2.07. The number of nitrogens with two attached hydrogens (primary N) is 1. The van der Waals surface area contributed by atoms with E-state index in [2.05, 4.69) is 14.7 Å². The molecule has 0 aliphatic heterocycles. The van der Waals surface area contributed by atoms with E-state index in [1.54, 1.807) is 0 Å². The van der Waals surface area contributed by atoms with Gasteiger partial charge < -0.3 is 10.5 Å². The average molecular weight is 253 g/mol. The highest BCUT2D eigenvalue weighted by atomic mass is 32.2. The van der Waals surface area contributed by atoms with E-state index in [4.69, 9.17) is 5.73 Å². The summed E-state index contributed by atoms with van der Waals surface area (Å²) < 4.78 is 39.5. The highest BCUT2D eigenvalue weighted by molar-refractivity contribution is 7.99. The third-order valence-corrected chi connectivity index (χ3v) is 2.38. The SMILES string of the molecule is Nc1nccnc1SCCOCC(F)(F)F. The number of thioether (sulfide) groups is 1. The van der Waals surface area contributed by atoms with Crippen molar-refractivity contribution in [3.05, 3.63) is 12.4 Å². The Bertz CT molecular complexity index is 335. The monoisotopic (exact) mass is 253 g/mol. The molecule has 16 heavy (non-hydrogen) atoms. The molecule has 2 N–H and O–H groups in total. The van der Waals surface area contributed by atoms with Crippen LogP contribution in [0.25, 0.3) is 0 Å². The van der Waals surface area contributed by atoms with E-state index in [0.29, 0.717) is 10.8 Å². The molecule has 8 heteroatoms. The summed E-state index contributed by atoms with van der Waals surface area (Å²) in [5.41, 5.74) is 5.49. The Hall–Kier alpha value is -1.02. The van der Waals surface area contributed by atoms with Crippen LogP contribution in [0, 0.1) is 0 Å². The summed E-state index contributed by atoms with van der Waals surface area (Å²) in [5, 5.41) is 0.498. The van der Waals surface area contributed by atoms with Crippen molar-refractivity contribution < 1.29 is 17.9 Å². The number of alkyl halides is 3. The molecular formula is C8H10F3N3OS. The Morgan fingerprint density at radius 1 is 1.31 bits per heavy atom. The first-order chi connectivity index (χ1) is 7.49. The lowest BCUT2D eigenvalue weighted by atomic mass is 10.7. The third-order valence-electron chi connectivity index (χ3n) is 1.42. The van der Waals surface area contributed by atoms with Crippen LogP contribution < -0.4 is 5.73 Å². The number of nitrogens with zero attached hydrogens (tertiary/aromatic N) is 2. The quantitative estimate of drug-likeness (QED) is 0.639. The van der Waals surface area contributed by atoms with Crippen LogP contribution in [0.4, 0.5) is 19.0 Å². The van der Waals surface area contributed by atoms with E-state index < -0.39 is 12.8 Å². The first-order valence-corrected chi connectivity index (χ1v) is 5.31. The summed E-state index contributed by atoms with van der Waals surface area (Å²) in [7, 11) is 0. The number of aromatic nitrogens is 2. The number of hydrogen-bond donors (Lipinski definition) is 1. The van der Waals surface area contributed by atoms with Crippen LogP contribution in [0.5, 0.6) is 0 Å². The molecule has 0 aliphatic rings. The van der Waals surface area contributed by atoms with E-state index >= 15 is 0 Å². The van der Waals surface area contributed by atoms with Crippen molar-refractivity contribution in [2.24, 2.45) is 0 Å². The zero-order valence-corrected chi connectivity index (χ0v) is 9.01. The minimum Gasteiger partial charge on any atom is -0.381 e. The summed E-state index contributed by atoms with van der Waals surface area (Å²) in [5.74, 6) is 0.613. The molecule has 0 aromatic carbocycles. The van der Waals surface area contributed by atoms with Crippen LogP contribution in [0.15, 0.2) is 17.4 Å². The van der Waals surface area contributed by atoms with Crippen molar-refractivity contribution >= 4 is 17.6 Å². The Kier molecular flexibility index (Phi) is 4.81. The molecule has 4 nitrogen and oxygen atoms in total. The van der Waals surface area contributed by atoms with Crippen LogP contribution in [0.1, 0.15) is 0 Å². The van der Waals surface area contributed by atoms with Gasteiger partial charge in [0.2, 0.25) is 0 Å². The predicted octanol–water partition coefficient (Wildman–Crippen LogP) is 1.73. The summed E-state index contributed by atoms with van der Waals surface area (Å²) >= 11 is 1.21. The standard InChI is InChI=1S/C8H10F3N3OS/c9-8(10,11)5-15-3-4-16-7-6(12)13-1-2-14-7/h1-2H,3-5H2,(H2,12,13). The molecule has 0 atom stereocenters. The van der Waals surface area contributed by atoms with Crippen molar-refractivity contribution in [3.8, 4) is 0 Å².